The molecule has 0 radical (unpaired) electrons. The quantitative estimate of drug-likeness (QED) is 0.570. The van der Waals surface area contributed by atoms with Crippen LogP contribution >= 0.6 is 11.3 Å². The highest BCUT2D eigenvalue weighted by molar-refractivity contribution is 7.08. The lowest BCUT2D eigenvalue weighted by atomic mass is 10.1. The van der Waals surface area contributed by atoms with Gasteiger partial charge in [-0.3, -0.25) is 9.69 Å². The maximum Gasteiger partial charge on any atom is 0.329 e. The van der Waals surface area contributed by atoms with Gasteiger partial charge >= 0.3 is 5.97 Å². The van der Waals surface area contributed by atoms with E-state index in [1.165, 1.54) is 23.2 Å². The number of unbranched alkanes of at least 4 members (excludes halogenated alkanes) is 1. The van der Waals surface area contributed by atoms with E-state index in [4.69, 9.17) is 4.74 Å². The largest absolute Gasteiger partial charge is 0.464 e. The molecule has 0 bridgehead atoms. The van der Waals surface area contributed by atoms with Crippen LogP contribution in [0.3, 0.4) is 0 Å². The molecule has 1 aromatic rings. The first kappa shape index (κ1) is 15.7. The minimum absolute atomic E-state index is 0.141. The zero-order valence-electron chi connectivity index (χ0n) is 11.7. The van der Waals surface area contributed by atoms with Gasteiger partial charge in [-0.2, -0.15) is 11.3 Å². The summed E-state index contributed by atoms with van der Waals surface area (Å²) in [5.41, 5.74) is 0.761. The molecule has 1 heterocycles. The molecule has 0 spiro atoms. The summed E-state index contributed by atoms with van der Waals surface area (Å²) in [6, 6.07) is 1.30. The third-order valence-electron chi connectivity index (χ3n) is 2.84. The lowest BCUT2D eigenvalue weighted by Gasteiger charge is -2.27. The van der Waals surface area contributed by atoms with Gasteiger partial charge in [0.05, 0.1) is 12.3 Å². The van der Waals surface area contributed by atoms with Gasteiger partial charge in [0.25, 0.3) is 0 Å². The van der Waals surface area contributed by atoms with Crippen molar-refractivity contribution in [3.63, 3.8) is 0 Å². The first-order valence-electron chi connectivity index (χ1n) is 6.60. The Hall–Kier alpha value is -1.36. The molecule has 0 N–H and O–H groups in total. The number of rotatable bonds is 7. The summed E-state index contributed by atoms with van der Waals surface area (Å²) in [7, 11) is 0. The summed E-state index contributed by atoms with van der Waals surface area (Å²) in [4.78, 5) is 25.4. The van der Waals surface area contributed by atoms with Crippen LogP contribution in [0, 0.1) is 0 Å². The highest BCUT2D eigenvalue weighted by Gasteiger charge is 2.29. The Morgan fingerprint density at radius 1 is 1.42 bits per heavy atom. The van der Waals surface area contributed by atoms with E-state index in [9.17, 15) is 9.59 Å². The Bertz CT molecular complexity index is 403. The van der Waals surface area contributed by atoms with Gasteiger partial charge in [0, 0.05) is 12.3 Å². The van der Waals surface area contributed by atoms with Crippen molar-refractivity contribution in [3.05, 3.63) is 16.8 Å². The van der Waals surface area contributed by atoms with Crippen LogP contribution in [0.4, 0.5) is 5.69 Å². The third kappa shape index (κ3) is 4.35. The SMILES string of the molecule is CCCCOC(=O)C(CC)N(C(C)=O)c1ccsc1. The van der Waals surface area contributed by atoms with E-state index in [1.807, 2.05) is 30.7 Å². The summed E-state index contributed by atoms with van der Waals surface area (Å²) >= 11 is 1.50. The van der Waals surface area contributed by atoms with Crippen molar-refractivity contribution in [2.24, 2.45) is 0 Å². The van der Waals surface area contributed by atoms with Crippen LogP contribution in [-0.4, -0.2) is 24.5 Å². The van der Waals surface area contributed by atoms with Crippen LogP contribution < -0.4 is 4.90 Å². The predicted octanol–water partition coefficient (Wildman–Crippen LogP) is 3.22. The smallest absolute Gasteiger partial charge is 0.329 e. The Morgan fingerprint density at radius 3 is 2.63 bits per heavy atom. The number of esters is 1. The molecule has 0 saturated carbocycles. The highest BCUT2D eigenvalue weighted by atomic mass is 32.1. The number of ether oxygens (including phenoxy) is 1. The van der Waals surface area contributed by atoms with Crippen molar-refractivity contribution < 1.29 is 14.3 Å². The van der Waals surface area contributed by atoms with Gasteiger partial charge in [-0.15, -0.1) is 0 Å². The summed E-state index contributed by atoms with van der Waals surface area (Å²) in [6.07, 6.45) is 2.37. The number of hydrogen-bond acceptors (Lipinski definition) is 4. The minimum Gasteiger partial charge on any atom is -0.464 e. The zero-order valence-corrected chi connectivity index (χ0v) is 12.5. The summed E-state index contributed by atoms with van der Waals surface area (Å²) < 4.78 is 5.24. The number of carbonyl (C=O) groups excluding carboxylic acids is 2. The molecule has 5 heteroatoms. The minimum atomic E-state index is -0.538. The van der Waals surface area contributed by atoms with Crippen molar-refractivity contribution in [2.75, 3.05) is 11.5 Å². The van der Waals surface area contributed by atoms with Gasteiger partial charge < -0.3 is 4.74 Å². The van der Waals surface area contributed by atoms with Gasteiger partial charge in [-0.1, -0.05) is 20.3 Å². The number of anilines is 1. The maximum absolute atomic E-state index is 12.1. The molecule has 4 nitrogen and oxygen atoms in total. The molecule has 1 rings (SSSR count). The maximum atomic E-state index is 12.1. The van der Waals surface area contributed by atoms with Crippen LogP contribution in [0.15, 0.2) is 16.8 Å². The second-order valence-electron chi connectivity index (χ2n) is 4.32. The average Bonchev–Trinajstić information content (AvgIpc) is 2.88. The first-order valence-corrected chi connectivity index (χ1v) is 7.54. The number of thiophene rings is 1. The molecule has 0 aliphatic rings. The van der Waals surface area contributed by atoms with Gasteiger partial charge in [0.15, 0.2) is 0 Å². The molecular weight excluding hydrogens is 262 g/mol. The fourth-order valence-corrected chi connectivity index (χ4v) is 2.47. The van der Waals surface area contributed by atoms with E-state index in [0.717, 1.165) is 18.5 Å². The monoisotopic (exact) mass is 283 g/mol. The van der Waals surface area contributed by atoms with E-state index in [2.05, 4.69) is 0 Å². The molecule has 0 saturated heterocycles. The van der Waals surface area contributed by atoms with Crippen LogP contribution in [-0.2, 0) is 14.3 Å². The molecule has 1 aromatic heterocycles. The summed E-state index contributed by atoms with van der Waals surface area (Å²) in [5.74, 6) is -0.463. The second-order valence-corrected chi connectivity index (χ2v) is 5.10. The fourth-order valence-electron chi connectivity index (χ4n) is 1.84. The Morgan fingerprint density at radius 2 is 2.16 bits per heavy atom. The van der Waals surface area contributed by atoms with Gasteiger partial charge in [0.1, 0.15) is 6.04 Å². The number of carbonyl (C=O) groups is 2. The predicted molar refractivity (Wildman–Crippen MR) is 77.4 cm³/mol. The number of hydrogen-bond donors (Lipinski definition) is 0. The normalized spacial score (nSPS) is 11.9. The van der Waals surface area contributed by atoms with Crippen LogP contribution in [0.25, 0.3) is 0 Å². The second kappa shape index (κ2) is 7.94. The number of nitrogens with zero attached hydrogens (tertiary/aromatic N) is 1. The fraction of sp³-hybridized carbons (Fsp3) is 0.571. The zero-order chi connectivity index (χ0) is 14.3. The lowest BCUT2D eigenvalue weighted by Crippen LogP contribution is -2.44. The molecule has 106 valence electrons. The van der Waals surface area contributed by atoms with Crippen molar-refractivity contribution in [3.8, 4) is 0 Å². The molecule has 0 aromatic carbocycles. The van der Waals surface area contributed by atoms with E-state index >= 15 is 0 Å². The Labute approximate surface area is 118 Å². The topological polar surface area (TPSA) is 46.6 Å². The van der Waals surface area contributed by atoms with E-state index in [1.54, 1.807) is 0 Å². The standard InChI is InChI=1S/C14H21NO3S/c1-4-6-8-18-14(17)13(5-2)15(11(3)16)12-7-9-19-10-12/h7,9-10,13H,4-6,8H2,1-3H3. The molecule has 0 fully saturated rings. The summed E-state index contributed by atoms with van der Waals surface area (Å²) in [5, 5.41) is 3.75. The molecule has 0 aliphatic carbocycles. The number of amides is 1. The first-order chi connectivity index (χ1) is 9.11. The van der Waals surface area contributed by atoms with Gasteiger partial charge in [-0.25, -0.2) is 4.79 Å². The van der Waals surface area contributed by atoms with Gasteiger partial charge in [-0.05, 0) is 24.3 Å². The summed E-state index contributed by atoms with van der Waals surface area (Å²) in [6.45, 7) is 5.81. The van der Waals surface area contributed by atoms with E-state index in [-0.39, 0.29) is 11.9 Å². The molecule has 19 heavy (non-hydrogen) atoms. The van der Waals surface area contributed by atoms with Gasteiger partial charge in [0.2, 0.25) is 5.91 Å². The Kier molecular flexibility index (Phi) is 6.56. The van der Waals surface area contributed by atoms with Crippen LogP contribution in [0.2, 0.25) is 0 Å². The van der Waals surface area contributed by atoms with Crippen LogP contribution in [0.1, 0.15) is 40.0 Å². The molecule has 0 aliphatic heterocycles. The van der Waals surface area contributed by atoms with Crippen molar-refractivity contribution in [2.45, 2.75) is 46.1 Å². The van der Waals surface area contributed by atoms with E-state index in [0.29, 0.717) is 13.0 Å². The Balaban J connectivity index is 2.80. The van der Waals surface area contributed by atoms with Crippen molar-refractivity contribution in [1.82, 2.24) is 0 Å². The highest BCUT2D eigenvalue weighted by Crippen LogP contribution is 2.22. The molecule has 1 amide bonds. The van der Waals surface area contributed by atoms with Crippen molar-refractivity contribution in [1.29, 1.82) is 0 Å². The lowest BCUT2D eigenvalue weighted by molar-refractivity contribution is -0.146. The van der Waals surface area contributed by atoms with E-state index < -0.39 is 6.04 Å². The molecular formula is C14H21NO3S. The van der Waals surface area contributed by atoms with Crippen molar-refractivity contribution >= 4 is 28.9 Å². The third-order valence-corrected chi connectivity index (χ3v) is 3.51. The average molecular weight is 283 g/mol. The molecule has 1 atom stereocenters. The van der Waals surface area contributed by atoms with Crippen LogP contribution in [0.5, 0.6) is 0 Å². The molecule has 1 unspecified atom stereocenters.